The number of thioether (sulfide) groups is 1. The number of fused-ring (bicyclic) bond motifs is 3. The summed E-state index contributed by atoms with van der Waals surface area (Å²) in [6.07, 6.45) is -1.57. The minimum atomic E-state index is -0.710. The molecule has 3 saturated heterocycles. The van der Waals surface area contributed by atoms with Crippen LogP contribution in [-0.2, 0) is 28.5 Å². The molecule has 0 aromatic carbocycles. The molecule has 5 atom stereocenters. The molecule has 3 aliphatic heterocycles. The van der Waals surface area contributed by atoms with Crippen molar-refractivity contribution in [2.75, 3.05) is 5.75 Å². The van der Waals surface area contributed by atoms with Crippen LogP contribution in [-0.4, -0.2) is 53.1 Å². The summed E-state index contributed by atoms with van der Waals surface area (Å²) in [5.41, 5.74) is 0. The van der Waals surface area contributed by atoms with E-state index in [1.54, 1.807) is 6.92 Å². The number of rotatable bonds is 2. The Bertz CT molecular complexity index is 437. The smallest absolute Gasteiger partial charge is 0.190 e. The van der Waals surface area contributed by atoms with Gasteiger partial charge in [-0.05, 0) is 27.7 Å². The van der Waals surface area contributed by atoms with Gasteiger partial charge in [0.1, 0.15) is 18.3 Å². The average molecular weight is 318 g/mol. The second kappa shape index (κ2) is 5.18. The van der Waals surface area contributed by atoms with Crippen LogP contribution in [0.2, 0.25) is 0 Å². The van der Waals surface area contributed by atoms with E-state index in [0.717, 1.165) is 0 Å². The van der Waals surface area contributed by atoms with Crippen LogP contribution in [0.1, 0.15) is 34.6 Å². The molecule has 0 aliphatic carbocycles. The molecule has 3 rings (SSSR count). The fourth-order valence-electron chi connectivity index (χ4n) is 3.03. The first-order valence-corrected chi connectivity index (χ1v) is 8.15. The molecule has 3 fully saturated rings. The summed E-state index contributed by atoms with van der Waals surface area (Å²) in [4.78, 5) is 11.2. The van der Waals surface area contributed by atoms with Crippen LogP contribution >= 0.6 is 11.8 Å². The maximum atomic E-state index is 11.2. The molecular weight excluding hydrogens is 296 g/mol. The second-order valence-electron chi connectivity index (χ2n) is 6.51. The van der Waals surface area contributed by atoms with Gasteiger partial charge in [0.25, 0.3) is 0 Å². The molecule has 3 heterocycles. The van der Waals surface area contributed by atoms with Crippen molar-refractivity contribution in [2.24, 2.45) is 0 Å². The van der Waals surface area contributed by atoms with Crippen molar-refractivity contribution in [2.45, 2.75) is 76.9 Å². The van der Waals surface area contributed by atoms with Gasteiger partial charge < -0.3 is 23.7 Å². The summed E-state index contributed by atoms with van der Waals surface area (Å²) in [7, 11) is 0. The molecule has 0 aromatic heterocycles. The Hall–Kier alpha value is -0.180. The molecule has 3 aliphatic rings. The van der Waals surface area contributed by atoms with Crippen molar-refractivity contribution in [3.05, 3.63) is 0 Å². The highest BCUT2D eigenvalue weighted by atomic mass is 32.2. The molecule has 0 aromatic rings. The third kappa shape index (κ3) is 3.13. The Morgan fingerprint density at radius 3 is 2.19 bits per heavy atom. The Morgan fingerprint density at radius 2 is 1.52 bits per heavy atom. The van der Waals surface area contributed by atoms with E-state index in [2.05, 4.69) is 0 Å². The van der Waals surface area contributed by atoms with Gasteiger partial charge in [-0.15, -0.1) is 0 Å². The van der Waals surface area contributed by atoms with E-state index in [0.29, 0.717) is 5.75 Å². The van der Waals surface area contributed by atoms with E-state index < -0.39 is 17.9 Å². The van der Waals surface area contributed by atoms with E-state index in [1.165, 1.54) is 11.8 Å². The van der Waals surface area contributed by atoms with Crippen molar-refractivity contribution in [3.8, 4) is 0 Å². The van der Waals surface area contributed by atoms with Gasteiger partial charge in [-0.2, -0.15) is 0 Å². The first kappa shape index (κ1) is 15.7. The fourth-order valence-corrected chi connectivity index (χ4v) is 3.69. The van der Waals surface area contributed by atoms with E-state index in [4.69, 9.17) is 23.7 Å². The van der Waals surface area contributed by atoms with Gasteiger partial charge in [0.15, 0.2) is 23.0 Å². The summed E-state index contributed by atoms with van der Waals surface area (Å²) >= 11 is 1.23. The maximum absolute atomic E-state index is 11.2. The highest BCUT2D eigenvalue weighted by Crippen LogP contribution is 2.44. The Kier molecular flexibility index (Phi) is 3.87. The first-order valence-electron chi connectivity index (χ1n) is 7.17. The Labute approximate surface area is 128 Å². The molecular formula is C14H22O6S. The number of carbonyl (C=O) groups excluding carboxylic acids is 1. The lowest BCUT2D eigenvalue weighted by atomic mass is 10.00. The third-order valence-corrected chi connectivity index (χ3v) is 4.60. The zero-order valence-corrected chi connectivity index (χ0v) is 13.8. The minimum absolute atomic E-state index is 0.0550. The molecule has 3 unspecified atom stereocenters. The van der Waals surface area contributed by atoms with Gasteiger partial charge in [-0.25, -0.2) is 0 Å². The van der Waals surface area contributed by atoms with E-state index in [-0.39, 0.29) is 29.5 Å². The molecule has 0 radical (unpaired) electrons. The molecule has 6 nitrogen and oxygen atoms in total. The molecule has 0 N–H and O–H groups in total. The normalized spacial score (nSPS) is 43.4. The molecule has 21 heavy (non-hydrogen) atoms. The van der Waals surface area contributed by atoms with Gasteiger partial charge in [-0.3, -0.25) is 4.79 Å². The van der Waals surface area contributed by atoms with Gasteiger partial charge >= 0.3 is 0 Å². The molecule has 120 valence electrons. The van der Waals surface area contributed by atoms with Crippen molar-refractivity contribution in [1.29, 1.82) is 0 Å². The van der Waals surface area contributed by atoms with Crippen LogP contribution in [0.5, 0.6) is 0 Å². The van der Waals surface area contributed by atoms with Gasteiger partial charge in [0.2, 0.25) is 0 Å². The summed E-state index contributed by atoms with van der Waals surface area (Å²) in [6.45, 7) is 8.99. The van der Waals surface area contributed by atoms with Crippen LogP contribution in [0, 0.1) is 0 Å². The van der Waals surface area contributed by atoms with Crippen molar-refractivity contribution in [3.63, 3.8) is 0 Å². The van der Waals surface area contributed by atoms with Gasteiger partial charge in [-0.1, -0.05) is 11.8 Å². The van der Waals surface area contributed by atoms with E-state index >= 15 is 0 Å². The molecule has 7 heteroatoms. The highest BCUT2D eigenvalue weighted by molar-refractivity contribution is 8.13. The standard InChI is InChI=1S/C14H22O6S/c1-7(15)21-6-8-9-10(18-13(2,3)17-9)11-12(16-8)20-14(4,5)19-11/h8-12H,6H2,1-5H3/t8?,9?,10?,11-,12-/m1/s1. The quantitative estimate of drug-likeness (QED) is 0.767. The molecule has 0 saturated carbocycles. The lowest BCUT2D eigenvalue weighted by Gasteiger charge is -2.37. The second-order valence-corrected chi connectivity index (χ2v) is 7.71. The zero-order chi connectivity index (χ0) is 15.4. The van der Waals surface area contributed by atoms with E-state index in [1.807, 2.05) is 27.7 Å². The van der Waals surface area contributed by atoms with Crippen LogP contribution in [0.4, 0.5) is 0 Å². The molecule has 0 bridgehead atoms. The maximum Gasteiger partial charge on any atom is 0.190 e. The SMILES string of the molecule is CC(=O)SCC1O[C@@H]2OC(C)(C)O[C@@H]2C2OC(C)(C)OC12. The number of ether oxygens (including phenoxy) is 5. The van der Waals surface area contributed by atoms with Crippen LogP contribution in [0.15, 0.2) is 0 Å². The summed E-state index contributed by atoms with van der Waals surface area (Å²) in [5, 5.41) is 0.0550. The number of hydrogen-bond acceptors (Lipinski definition) is 7. The van der Waals surface area contributed by atoms with Crippen molar-refractivity contribution < 1.29 is 28.5 Å². The predicted octanol–water partition coefficient (Wildman–Crippen LogP) is 1.66. The van der Waals surface area contributed by atoms with Crippen molar-refractivity contribution in [1.82, 2.24) is 0 Å². The zero-order valence-electron chi connectivity index (χ0n) is 13.0. The van der Waals surface area contributed by atoms with Crippen molar-refractivity contribution >= 4 is 16.9 Å². The number of hydrogen-bond donors (Lipinski definition) is 0. The number of carbonyl (C=O) groups is 1. The van der Waals surface area contributed by atoms with Crippen LogP contribution < -0.4 is 0 Å². The van der Waals surface area contributed by atoms with Gasteiger partial charge in [0, 0.05) is 12.7 Å². The van der Waals surface area contributed by atoms with Crippen LogP contribution in [0.3, 0.4) is 0 Å². The topological polar surface area (TPSA) is 63.2 Å². The summed E-state index contributed by atoms with van der Waals surface area (Å²) in [6, 6.07) is 0. The lowest BCUT2D eigenvalue weighted by Crippen LogP contribution is -2.55. The Morgan fingerprint density at radius 1 is 0.952 bits per heavy atom. The van der Waals surface area contributed by atoms with Crippen LogP contribution in [0.25, 0.3) is 0 Å². The largest absolute Gasteiger partial charge is 0.343 e. The Balaban J connectivity index is 1.80. The monoisotopic (exact) mass is 318 g/mol. The third-order valence-electron chi connectivity index (χ3n) is 3.70. The summed E-state index contributed by atoms with van der Waals surface area (Å²) in [5.74, 6) is -0.885. The van der Waals surface area contributed by atoms with Gasteiger partial charge in [0.05, 0.1) is 6.10 Å². The predicted molar refractivity (Wildman–Crippen MR) is 75.7 cm³/mol. The average Bonchev–Trinajstić information content (AvgIpc) is 2.80. The summed E-state index contributed by atoms with van der Waals surface area (Å²) < 4.78 is 29.6. The molecule has 0 spiro atoms. The molecule has 0 amide bonds. The fraction of sp³-hybridized carbons (Fsp3) is 0.929. The minimum Gasteiger partial charge on any atom is -0.343 e. The lowest BCUT2D eigenvalue weighted by molar-refractivity contribution is -0.228. The van der Waals surface area contributed by atoms with E-state index in [9.17, 15) is 4.79 Å². The highest BCUT2D eigenvalue weighted by Gasteiger charge is 2.60. The first-order chi connectivity index (χ1) is 9.67.